The Morgan fingerprint density at radius 2 is 2.27 bits per heavy atom. The van der Waals surface area contributed by atoms with E-state index in [9.17, 15) is 4.39 Å². The maximum atomic E-state index is 13.6. The zero-order valence-corrected chi connectivity index (χ0v) is 10.7. The summed E-state index contributed by atoms with van der Waals surface area (Å²) in [5.74, 6) is -0.510. The Morgan fingerprint density at radius 3 is 2.80 bits per heavy atom. The van der Waals surface area contributed by atoms with Gasteiger partial charge in [-0.3, -0.25) is 0 Å². The van der Waals surface area contributed by atoms with Crippen molar-refractivity contribution in [2.45, 2.75) is 0 Å². The van der Waals surface area contributed by atoms with Gasteiger partial charge in [-0.1, -0.05) is 12.7 Å². The number of hydrogen-bond acceptors (Lipinski definition) is 2. The predicted octanol–water partition coefficient (Wildman–Crippen LogP) is 3.79. The van der Waals surface area contributed by atoms with Crippen molar-refractivity contribution in [3.63, 3.8) is 0 Å². The highest BCUT2D eigenvalue weighted by Gasteiger charge is 2.15. The van der Waals surface area contributed by atoms with Crippen LogP contribution in [0.5, 0.6) is 5.75 Å². The standard InChI is InChI=1S/C10H6Br2FNO/c1-2-3-15-8-4-7(11)6(5-14)9(12)10(8)13/h2,4H,1,3H2. The van der Waals surface area contributed by atoms with Gasteiger partial charge in [-0.05, 0) is 37.9 Å². The third-order valence-corrected chi connectivity index (χ3v) is 2.96. The van der Waals surface area contributed by atoms with Gasteiger partial charge in [-0.2, -0.15) is 5.26 Å². The van der Waals surface area contributed by atoms with Crippen LogP contribution < -0.4 is 4.74 Å². The molecule has 0 radical (unpaired) electrons. The SMILES string of the molecule is C=CCOc1cc(Br)c(C#N)c(Br)c1F. The first-order chi connectivity index (χ1) is 7.11. The van der Waals surface area contributed by atoms with E-state index >= 15 is 0 Å². The molecular weight excluding hydrogens is 329 g/mol. The van der Waals surface area contributed by atoms with Crippen LogP contribution in [0.15, 0.2) is 27.7 Å². The second-order valence-corrected chi connectivity index (χ2v) is 4.22. The Morgan fingerprint density at radius 1 is 1.60 bits per heavy atom. The van der Waals surface area contributed by atoms with E-state index < -0.39 is 5.82 Å². The van der Waals surface area contributed by atoms with Crippen LogP contribution in [0.2, 0.25) is 0 Å². The number of rotatable bonds is 3. The van der Waals surface area contributed by atoms with Gasteiger partial charge < -0.3 is 4.74 Å². The normalized spacial score (nSPS) is 9.47. The van der Waals surface area contributed by atoms with Crippen molar-refractivity contribution < 1.29 is 9.13 Å². The minimum atomic E-state index is -0.586. The van der Waals surface area contributed by atoms with Gasteiger partial charge in [0.2, 0.25) is 0 Å². The highest BCUT2D eigenvalue weighted by Crippen LogP contribution is 2.34. The molecule has 0 bridgehead atoms. The molecule has 0 aromatic heterocycles. The van der Waals surface area contributed by atoms with E-state index in [1.807, 2.05) is 6.07 Å². The van der Waals surface area contributed by atoms with Crippen LogP contribution in [0.25, 0.3) is 0 Å². The number of ether oxygens (including phenoxy) is 1. The first kappa shape index (κ1) is 12.2. The van der Waals surface area contributed by atoms with Gasteiger partial charge in [0, 0.05) is 4.47 Å². The second-order valence-electron chi connectivity index (χ2n) is 2.57. The number of benzene rings is 1. The van der Waals surface area contributed by atoms with Crippen LogP contribution in [-0.4, -0.2) is 6.61 Å². The quantitative estimate of drug-likeness (QED) is 0.622. The molecule has 78 valence electrons. The molecule has 0 fully saturated rings. The van der Waals surface area contributed by atoms with Gasteiger partial charge in [-0.15, -0.1) is 0 Å². The zero-order chi connectivity index (χ0) is 11.4. The molecule has 0 aliphatic rings. The van der Waals surface area contributed by atoms with Crippen molar-refractivity contribution >= 4 is 31.9 Å². The predicted molar refractivity (Wildman–Crippen MR) is 62.2 cm³/mol. The molecular formula is C10H6Br2FNO. The van der Waals surface area contributed by atoms with Crippen LogP contribution in [-0.2, 0) is 0 Å². The number of nitriles is 1. The van der Waals surface area contributed by atoms with Gasteiger partial charge in [-0.25, -0.2) is 4.39 Å². The van der Waals surface area contributed by atoms with Gasteiger partial charge in [0.15, 0.2) is 11.6 Å². The molecule has 2 nitrogen and oxygen atoms in total. The Hall–Kier alpha value is -0.860. The van der Waals surface area contributed by atoms with Crippen LogP contribution in [0.3, 0.4) is 0 Å². The van der Waals surface area contributed by atoms with Crippen LogP contribution in [0.4, 0.5) is 4.39 Å². The fourth-order valence-electron chi connectivity index (χ4n) is 0.930. The van der Waals surface area contributed by atoms with Crippen molar-refractivity contribution in [3.05, 3.63) is 39.0 Å². The molecule has 1 aromatic carbocycles. The molecule has 0 amide bonds. The number of nitrogens with zero attached hydrogens (tertiary/aromatic N) is 1. The fourth-order valence-corrected chi connectivity index (χ4v) is 2.19. The van der Waals surface area contributed by atoms with Crippen molar-refractivity contribution in [2.75, 3.05) is 6.61 Å². The largest absolute Gasteiger partial charge is 0.486 e. The number of halogens is 3. The fraction of sp³-hybridized carbons (Fsp3) is 0.100. The Kier molecular flexibility index (Phi) is 4.30. The minimum absolute atomic E-state index is 0.0765. The summed E-state index contributed by atoms with van der Waals surface area (Å²) in [6, 6.07) is 3.30. The molecule has 0 aliphatic heterocycles. The minimum Gasteiger partial charge on any atom is -0.486 e. The number of hydrogen-bond donors (Lipinski definition) is 0. The Bertz CT molecular complexity index is 440. The van der Waals surface area contributed by atoms with Crippen molar-refractivity contribution in [1.82, 2.24) is 0 Å². The highest BCUT2D eigenvalue weighted by molar-refractivity contribution is 9.11. The molecule has 0 atom stereocenters. The maximum Gasteiger partial charge on any atom is 0.180 e. The summed E-state index contributed by atoms with van der Waals surface area (Å²) in [6.07, 6.45) is 1.51. The lowest BCUT2D eigenvalue weighted by molar-refractivity contribution is 0.340. The molecule has 1 rings (SSSR count). The van der Waals surface area contributed by atoms with Crippen molar-refractivity contribution in [3.8, 4) is 11.8 Å². The lowest BCUT2D eigenvalue weighted by Crippen LogP contribution is -1.98. The van der Waals surface area contributed by atoms with Crippen LogP contribution in [0.1, 0.15) is 5.56 Å². The Balaban J connectivity index is 3.22. The van der Waals surface area contributed by atoms with E-state index in [1.165, 1.54) is 12.1 Å². The van der Waals surface area contributed by atoms with Gasteiger partial charge in [0.05, 0.1) is 10.0 Å². The van der Waals surface area contributed by atoms with Crippen LogP contribution in [0, 0.1) is 17.1 Å². The highest BCUT2D eigenvalue weighted by atomic mass is 79.9. The molecule has 0 heterocycles. The maximum absolute atomic E-state index is 13.6. The lowest BCUT2D eigenvalue weighted by atomic mass is 10.2. The van der Waals surface area contributed by atoms with Crippen LogP contribution >= 0.6 is 31.9 Å². The molecule has 1 aromatic rings. The van der Waals surface area contributed by atoms with E-state index in [2.05, 4.69) is 38.4 Å². The van der Waals surface area contributed by atoms with E-state index in [1.54, 1.807) is 0 Å². The summed E-state index contributed by atoms with van der Waals surface area (Å²) >= 11 is 6.16. The summed E-state index contributed by atoms with van der Waals surface area (Å²) in [5.41, 5.74) is 0.207. The van der Waals surface area contributed by atoms with Gasteiger partial charge >= 0.3 is 0 Å². The van der Waals surface area contributed by atoms with Crippen molar-refractivity contribution in [2.24, 2.45) is 0 Å². The lowest BCUT2D eigenvalue weighted by Gasteiger charge is -2.08. The van der Waals surface area contributed by atoms with Crippen molar-refractivity contribution in [1.29, 1.82) is 5.26 Å². The zero-order valence-electron chi connectivity index (χ0n) is 7.56. The average Bonchev–Trinajstić information content (AvgIpc) is 2.22. The molecule has 0 spiro atoms. The molecule has 0 saturated heterocycles. The third-order valence-electron chi connectivity index (χ3n) is 1.59. The molecule has 15 heavy (non-hydrogen) atoms. The van der Waals surface area contributed by atoms with E-state index in [0.29, 0.717) is 4.47 Å². The summed E-state index contributed by atoms with van der Waals surface area (Å²) < 4.78 is 19.2. The molecule has 0 unspecified atom stereocenters. The third kappa shape index (κ3) is 2.58. The summed E-state index contributed by atoms with van der Waals surface area (Å²) in [6.45, 7) is 3.67. The first-order valence-corrected chi connectivity index (χ1v) is 5.51. The van der Waals surface area contributed by atoms with Gasteiger partial charge in [0.25, 0.3) is 0 Å². The molecule has 5 heteroatoms. The molecule has 0 saturated carbocycles. The average molecular weight is 335 g/mol. The smallest absolute Gasteiger partial charge is 0.180 e. The molecule has 0 aliphatic carbocycles. The monoisotopic (exact) mass is 333 g/mol. The van der Waals surface area contributed by atoms with Gasteiger partial charge in [0.1, 0.15) is 12.7 Å². The summed E-state index contributed by atoms with van der Waals surface area (Å²) in [4.78, 5) is 0. The van der Waals surface area contributed by atoms with E-state index in [4.69, 9.17) is 10.00 Å². The van der Waals surface area contributed by atoms with E-state index in [-0.39, 0.29) is 22.4 Å². The second kappa shape index (κ2) is 5.29. The van der Waals surface area contributed by atoms with E-state index in [0.717, 1.165) is 0 Å². The summed E-state index contributed by atoms with van der Waals surface area (Å²) in [7, 11) is 0. The summed E-state index contributed by atoms with van der Waals surface area (Å²) in [5, 5.41) is 8.76. The molecule has 0 N–H and O–H groups in total. The Labute approximate surface area is 104 Å². The topological polar surface area (TPSA) is 33.0 Å². The first-order valence-electron chi connectivity index (χ1n) is 3.93.